The van der Waals surface area contributed by atoms with Gasteiger partial charge in [0.2, 0.25) is 0 Å². The highest BCUT2D eigenvalue weighted by Crippen LogP contribution is 2.16. The van der Waals surface area contributed by atoms with Crippen LogP contribution in [0.4, 0.5) is 8.78 Å². The minimum Gasteiger partial charge on any atom is -0.294 e. The Morgan fingerprint density at radius 2 is 1.79 bits per heavy atom. The van der Waals surface area contributed by atoms with Crippen LogP contribution in [0.3, 0.4) is 0 Å². The van der Waals surface area contributed by atoms with E-state index < -0.39 is 17.4 Å². The fraction of sp³-hybridized carbons (Fsp3) is 0.188. The third kappa shape index (κ3) is 2.87. The molecular formula is C16H14F2O. The minimum absolute atomic E-state index is 0.0709. The van der Waals surface area contributed by atoms with Crippen LogP contribution in [0.15, 0.2) is 36.4 Å². The summed E-state index contributed by atoms with van der Waals surface area (Å²) in [5.74, 6) is -2.48. The molecule has 0 spiro atoms. The molecule has 2 aromatic carbocycles. The monoisotopic (exact) mass is 260 g/mol. The maximum atomic E-state index is 13.5. The predicted octanol–water partition coefficient (Wildman–Crippen LogP) is 4.01. The van der Waals surface area contributed by atoms with E-state index in [0.29, 0.717) is 0 Å². The number of hydrogen-bond donors (Lipinski definition) is 0. The van der Waals surface area contributed by atoms with Crippen molar-refractivity contribution >= 4 is 5.78 Å². The molecule has 0 fully saturated rings. The van der Waals surface area contributed by atoms with Crippen LogP contribution in [0.2, 0.25) is 0 Å². The van der Waals surface area contributed by atoms with Crippen LogP contribution in [0.25, 0.3) is 0 Å². The molecule has 0 saturated heterocycles. The van der Waals surface area contributed by atoms with Gasteiger partial charge in [-0.05, 0) is 42.7 Å². The van der Waals surface area contributed by atoms with Crippen LogP contribution in [0, 0.1) is 25.5 Å². The average molecular weight is 260 g/mol. The van der Waals surface area contributed by atoms with E-state index in [-0.39, 0.29) is 12.0 Å². The first-order chi connectivity index (χ1) is 8.99. The number of benzene rings is 2. The minimum atomic E-state index is -1.07. The van der Waals surface area contributed by atoms with Crippen LogP contribution in [0.5, 0.6) is 0 Å². The molecular weight excluding hydrogens is 246 g/mol. The Morgan fingerprint density at radius 3 is 2.47 bits per heavy atom. The molecule has 0 aliphatic carbocycles. The molecule has 2 aromatic rings. The van der Waals surface area contributed by atoms with Gasteiger partial charge < -0.3 is 0 Å². The van der Waals surface area contributed by atoms with Crippen LogP contribution in [-0.4, -0.2) is 5.78 Å². The van der Waals surface area contributed by atoms with E-state index in [2.05, 4.69) is 0 Å². The zero-order valence-electron chi connectivity index (χ0n) is 10.8. The number of hydrogen-bond acceptors (Lipinski definition) is 1. The first-order valence-corrected chi connectivity index (χ1v) is 6.02. The van der Waals surface area contributed by atoms with Crippen molar-refractivity contribution in [3.63, 3.8) is 0 Å². The molecule has 0 radical (unpaired) electrons. The van der Waals surface area contributed by atoms with Gasteiger partial charge in [-0.15, -0.1) is 0 Å². The van der Waals surface area contributed by atoms with E-state index in [9.17, 15) is 13.6 Å². The molecule has 0 unspecified atom stereocenters. The molecule has 0 aliphatic heterocycles. The van der Waals surface area contributed by atoms with Crippen LogP contribution < -0.4 is 0 Å². The first kappa shape index (κ1) is 13.4. The highest BCUT2D eigenvalue weighted by Gasteiger charge is 2.15. The number of ketones is 1. The van der Waals surface area contributed by atoms with Crippen molar-refractivity contribution in [2.75, 3.05) is 0 Å². The van der Waals surface area contributed by atoms with Gasteiger partial charge in [0, 0.05) is 6.42 Å². The van der Waals surface area contributed by atoms with E-state index in [4.69, 9.17) is 0 Å². The standard InChI is InChI=1S/C16H14F2O/c1-10-6-7-12(8-11(10)2)9-15(19)13-4-3-5-14(17)16(13)18/h3-8H,9H2,1-2H3. The zero-order chi connectivity index (χ0) is 14.0. The maximum Gasteiger partial charge on any atom is 0.170 e. The van der Waals surface area contributed by atoms with Crippen molar-refractivity contribution in [3.05, 3.63) is 70.3 Å². The summed E-state index contributed by atoms with van der Waals surface area (Å²) in [4.78, 5) is 12.0. The van der Waals surface area contributed by atoms with Crippen molar-refractivity contribution in [1.82, 2.24) is 0 Å². The normalized spacial score (nSPS) is 10.5. The summed E-state index contributed by atoms with van der Waals surface area (Å²) in [5, 5.41) is 0. The summed E-state index contributed by atoms with van der Waals surface area (Å²) in [6.45, 7) is 3.93. The number of carbonyl (C=O) groups is 1. The molecule has 19 heavy (non-hydrogen) atoms. The number of aryl methyl sites for hydroxylation is 2. The number of halogens is 2. The zero-order valence-corrected chi connectivity index (χ0v) is 10.8. The molecule has 0 heterocycles. The van der Waals surface area contributed by atoms with E-state index >= 15 is 0 Å². The largest absolute Gasteiger partial charge is 0.294 e. The number of rotatable bonds is 3. The topological polar surface area (TPSA) is 17.1 Å². The van der Waals surface area contributed by atoms with E-state index in [0.717, 1.165) is 22.8 Å². The SMILES string of the molecule is Cc1ccc(CC(=O)c2cccc(F)c2F)cc1C. The van der Waals surface area contributed by atoms with Gasteiger partial charge in [0.25, 0.3) is 0 Å². The molecule has 0 saturated carbocycles. The summed E-state index contributed by atoms with van der Waals surface area (Å²) < 4.78 is 26.6. The summed E-state index contributed by atoms with van der Waals surface area (Å²) in [6.07, 6.45) is 0.0709. The highest BCUT2D eigenvalue weighted by molar-refractivity contribution is 5.97. The van der Waals surface area contributed by atoms with Crippen LogP contribution >= 0.6 is 0 Å². The fourth-order valence-corrected chi connectivity index (χ4v) is 1.91. The molecule has 1 nitrogen and oxygen atoms in total. The lowest BCUT2D eigenvalue weighted by molar-refractivity contribution is 0.0988. The second-order valence-electron chi connectivity index (χ2n) is 4.62. The van der Waals surface area contributed by atoms with Gasteiger partial charge in [0.15, 0.2) is 17.4 Å². The van der Waals surface area contributed by atoms with Crippen LogP contribution in [0.1, 0.15) is 27.0 Å². The second-order valence-corrected chi connectivity index (χ2v) is 4.62. The maximum absolute atomic E-state index is 13.5. The van der Waals surface area contributed by atoms with E-state index in [1.165, 1.54) is 12.1 Å². The Bertz CT molecular complexity index is 633. The van der Waals surface area contributed by atoms with Gasteiger partial charge in [-0.2, -0.15) is 0 Å². The third-order valence-electron chi connectivity index (χ3n) is 3.19. The quantitative estimate of drug-likeness (QED) is 0.762. The van der Waals surface area contributed by atoms with Gasteiger partial charge >= 0.3 is 0 Å². The third-order valence-corrected chi connectivity index (χ3v) is 3.19. The Labute approximate surface area is 110 Å². The molecule has 0 aromatic heterocycles. The van der Waals surface area contributed by atoms with Crippen molar-refractivity contribution < 1.29 is 13.6 Å². The molecule has 98 valence electrons. The molecule has 3 heteroatoms. The molecule has 0 atom stereocenters. The lowest BCUT2D eigenvalue weighted by atomic mass is 9.99. The Hall–Kier alpha value is -2.03. The molecule has 2 rings (SSSR count). The molecule has 0 amide bonds. The number of carbonyl (C=O) groups excluding carboxylic acids is 1. The van der Waals surface area contributed by atoms with Gasteiger partial charge in [-0.1, -0.05) is 24.3 Å². The first-order valence-electron chi connectivity index (χ1n) is 6.02. The smallest absolute Gasteiger partial charge is 0.170 e. The fourth-order valence-electron chi connectivity index (χ4n) is 1.91. The number of Topliss-reactive ketones (excluding diaryl/α,β-unsaturated/α-hetero) is 1. The van der Waals surface area contributed by atoms with Gasteiger partial charge in [0.1, 0.15) is 0 Å². The van der Waals surface area contributed by atoms with Gasteiger partial charge in [-0.3, -0.25) is 4.79 Å². The highest BCUT2D eigenvalue weighted by atomic mass is 19.2. The lowest BCUT2D eigenvalue weighted by Gasteiger charge is -2.06. The van der Waals surface area contributed by atoms with Gasteiger partial charge in [0.05, 0.1) is 5.56 Å². The summed E-state index contributed by atoms with van der Waals surface area (Å²) in [6, 6.07) is 9.29. The van der Waals surface area contributed by atoms with Crippen LogP contribution in [-0.2, 0) is 6.42 Å². The average Bonchev–Trinajstić information content (AvgIpc) is 2.37. The Kier molecular flexibility index (Phi) is 3.74. The Balaban J connectivity index is 2.26. The molecule has 0 bridgehead atoms. The van der Waals surface area contributed by atoms with Crippen molar-refractivity contribution in [2.45, 2.75) is 20.3 Å². The molecule has 0 N–H and O–H groups in total. The Morgan fingerprint density at radius 1 is 1.05 bits per heavy atom. The summed E-state index contributed by atoms with van der Waals surface area (Å²) >= 11 is 0. The lowest BCUT2D eigenvalue weighted by Crippen LogP contribution is -2.07. The van der Waals surface area contributed by atoms with Crippen molar-refractivity contribution in [1.29, 1.82) is 0 Å². The van der Waals surface area contributed by atoms with Crippen molar-refractivity contribution in [3.8, 4) is 0 Å². The molecule has 0 aliphatic rings. The van der Waals surface area contributed by atoms with Gasteiger partial charge in [-0.25, -0.2) is 8.78 Å². The van der Waals surface area contributed by atoms with E-state index in [1.54, 1.807) is 0 Å². The predicted molar refractivity (Wildman–Crippen MR) is 70.3 cm³/mol. The van der Waals surface area contributed by atoms with E-state index in [1.807, 2.05) is 32.0 Å². The summed E-state index contributed by atoms with van der Waals surface area (Å²) in [5.41, 5.74) is 2.81. The second kappa shape index (κ2) is 5.31. The van der Waals surface area contributed by atoms with Crippen molar-refractivity contribution in [2.24, 2.45) is 0 Å². The summed E-state index contributed by atoms with van der Waals surface area (Å²) in [7, 11) is 0.